The molecule has 0 heterocycles. The molecule has 0 bridgehead atoms. The van der Waals surface area contributed by atoms with Crippen LogP contribution >= 0.6 is 24.0 Å². The molecular weight excluding hydrogens is 471 g/mol. The second kappa shape index (κ2) is 11.3. The SMILES string of the molecule is CN=C(NCc1cc(C)cc(OC)c1)NCC(C)(C)NC(=O)OC(C)(C)C.I. The number of nitrogens with zero attached hydrogens (tertiary/aromatic N) is 1. The average Bonchev–Trinajstić information content (AvgIpc) is 2.51. The van der Waals surface area contributed by atoms with Crippen molar-refractivity contribution in [2.24, 2.45) is 4.99 Å². The van der Waals surface area contributed by atoms with Gasteiger partial charge < -0.3 is 25.4 Å². The summed E-state index contributed by atoms with van der Waals surface area (Å²) in [6, 6.07) is 6.07. The summed E-state index contributed by atoms with van der Waals surface area (Å²) in [6.45, 7) is 12.5. The van der Waals surface area contributed by atoms with Crippen LogP contribution in [0.3, 0.4) is 0 Å². The minimum Gasteiger partial charge on any atom is -0.497 e. The standard InChI is InChI=1S/C20H34N4O3.HI/c1-14-9-15(11-16(10-14)26-8)12-22-17(21-7)23-13-20(5,6)24-18(25)27-19(2,3)4;/h9-11H,12-13H2,1-8H3,(H,24,25)(H2,21,22,23);1H. The lowest BCUT2D eigenvalue weighted by molar-refractivity contribution is 0.0474. The van der Waals surface area contributed by atoms with Crippen LogP contribution in [0.15, 0.2) is 23.2 Å². The van der Waals surface area contributed by atoms with Crippen molar-refractivity contribution in [2.75, 3.05) is 20.7 Å². The lowest BCUT2D eigenvalue weighted by atomic mass is 10.1. The lowest BCUT2D eigenvalue weighted by Crippen LogP contribution is -2.54. The van der Waals surface area contributed by atoms with Crippen LogP contribution in [0.2, 0.25) is 0 Å². The van der Waals surface area contributed by atoms with Crippen molar-refractivity contribution < 1.29 is 14.3 Å². The number of halogens is 1. The van der Waals surface area contributed by atoms with E-state index in [2.05, 4.69) is 27.0 Å². The zero-order valence-corrected chi connectivity index (χ0v) is 20.6. The van der Waals surface area contributed by atoms with Crippen LogP contribution in [0.4, 0.5) is 4.79 Å². The van der Waals surface area contributed by atoms with Crippen molar-refractivity contribution in [1.29, 1.82) is 0 Å². The van der Waals surface area contributed by atoms with Gasteiger partial charge in [-0.15, -0.1) is 24.0 Å². The largest absolute Gasteiger partial charge is 0.497 e. The predicted molar refractivity (Wildman–Crippen MR) is 125 cm³/mol. The molecule has 0 aliphatic heterocycles. The number of hydrogen-bond donors (Lipinski definition) is 3. The fourth-order valence-electron chi connectivity index (χ4n) is 2.38. The summed E-state index contributed by atoms with van der Waals surface area (Å²) in [7, 11) is 3.37. The van der Waals surface area contributed by atoms with Gasteiger partial charge in [-0.3, -0.25) is 4.99 Å². The number of rotatable bonds is 6. The van der Waals surface area contributed by atoms with Crippen molar-refractivity contribution in [3.05, 3.63) is 29.3 Å². The zero-order valence-electron chi connectivity index (χ0n) is 18.2. The normalized spacial score (nSPS) is 11.9. The Morgan fingerprint density at radius 1 is 1.11 bits per heavy atom. The molecule has 0 saturated carbocycles. The van der Waals surface area contributed by atoms with Crippen LogP contribution in [0.1, 0.15) is 45.7 Å². The number of aryl methyl sites for hydroxylation is 1. The third kappa shape index (κ3) is 10.6. The molecule has 7 nitrogen and oxygen atoms in total. The maximum Gasteiger partial charge on any atom is 0.408 e. The third-order valence-electron chi connectivity index (χ3n) is 3.57. The Balaban J connectivity index is 0.00000729. The Labute approximate surface area is 186 Å². The number of carbonyl (C=O) groups is 1. The van der Waals surface area contributed by atoms with Gasteiger partial charge in [0.25, 0.3) is 0 Å². The highest BCUT2D eigenvalue weighted by Crippen LogP contribution is 2.16. The maximum atomic E-state index is 12.0. The molecule has 0 spiro atoms. The van der Waals surface area contributed by atoms with E-state index in [1.807, 2.05) is 53.7 Å². The first-order chi connectivity index (χ1) is 12.4. The quantitative estimate of drug-likeness (QED) is 0.312. The van der Waals surface area contributed by atoms with Crippen molar-refractivity contribution in [3.63, 3.8) is 0 Å². The molecule has 1 aromatic rings. The van der Waals surface area contributed by atoms with Gasteiger partial charge in [0.05, 0.1) is 12.6 Å². The molecule has 0 aliphatic rings. The summed E-state index contributed by atoms with van der Waals surface area (Å²) in [5, 5.41) is 9.36. The van der Waals surface area contributed by atoms with Crippen molar-refractivity contribution >= 4 is 36.0 Å². The molecule has 0 aliphatic carbocycles. The average molecular weight is 506 g/mol. The minimum atomic E-state index is -0.528. The lowest BCUT2D eigenvalue weighted by Gasteiger charge is -2.29. The van der Waals surface area contributed by atoms with Gasteiger partial charge in [-0.25, -0.2) is 4.79 Å². The van der Waals surface area contributed by atoms with E-state index in [4.69, 9.17) is 9.47 Å². The summed E-state index contributed by atoms with van der Waals surface area (Å²) in [4.78, 5) is 16.2. The molecule has 1 aromatic carbocycles. The Bertz CT molecular complexity index is 670. The Morgan fingerprint density at radius 3 is 2.29 bits per heavy atom. The number of carbonyl (C=O) groups excluding carboxylic acids is 1. The number of amides is 1. The molecular formula is C20H35IN4O3. The van der Waals surface area contributed by atoms with E-state index < -0.39 is 17.2 Å². The zero-order chi connectivity index (χ0) is 20.7. The summed E-state index contributed by atoms with van der Waals surface area (Å²) >= 11 is 0. The van der Waals surface area contributed by atoms with E-state index in [0.29, 0.717) is 19.0 Å². The molecule has 0 unspecified atom stereocenters. The van der Waals surface area contributed by atoms with Crippen LogP contribution in [0, 0.1) is 6.92 Å². The van der Waals surface area contributed by atoms with Gasteiger partial charge in [0.1, 0.15) is 11.4 Å². The highest BCUT2D eigenvalue weighted by atomic mass is 127. The molecule has 28 heavy (non-hydrogen) atoms. The first-order valence-corrected chi connectivity index (χ1v) is 9.04. The molecule has 3 N–H and O–H groups in total. The van der Waals surface area contributed by atoms with Gasteiger partial charge >= 0.3 is 6.09 Å². The summed E-state index contributed by atoms with van der Waals surface area (Å²) in [5.41, 5.74) is 1.20. The highest BCUT2D eigenvalue weighted by molar-refractivity contribution is 14.0. The predicted octanol–water partition coefficient (Wildman–Crippen LogP) is 3.59. The number of alkyl carbamates (subject to hydrolysis) is 1. The van der Waals surface area contributed by atoms with Gasteiger partial charge in [-0.1, -0.05) is 6.07 Å². The highest BCUT2D eigenvalue weighted by Gasteiger charge is 2.24. The molecule has 1 amide bonds. The fourth-order valence-corrected chi connectivity index (χ4v) is 2.38. The number of aliphatic imine (C=N–C) groups is 1. The summed E-state index contributed by atoms with van der Waals surface area (Å²) < 4.78 is 10.6. The molecule has 0 fully saturated rings. The first-order valence-electron chi connectivity index (χ1n) is 9.04. The van der Waals surface area contributed by atoms with E-state index in [0.717, 1.165) is 16.9 Å². The van der Waals surface area contributed by atoms with Crippen LogP contribution in [0.5, 0.6) is 5.75 Å². The number of nitrogens with one attached hydrogen (secondary N) is 3. The second-order valence-corrected chi connectivity index (χ2v) is 8.15. The fraction of sp³-hybridized carbons (Fsp3) is 0.600. The molecule has 0 aromatic heterocycles. The Morgan fingerprint density at radius 2 is 1.75 bits per heavy atom. The van der Waals surface area contributed by atoms with E-state index in [1.165, 1.54) is 0 Å². The molecule has 0 radical (unpaired) electrons. The number of methoxy groups -OCH3 is 1. The van der Waals surface area contributed by atoms with Crippen LogP contribution in [-0.4, -0.2) is 43.9 Å². The Hall–Kier alpha value is -1.71. The van der Waals surface area contributed by atoms with Crippen molar-refractivity contribution in [3.8, 4) is 5.75 Å². The smallest absolute Gasteiger partial charge is 0.408 e. The van der Waals surface area contributed by atoms with Gasteiger partial charge in [0.15, 0.2) is 5.96 Å². The van der Waals surface area contributed by atoms with E-state index >= 15 is 0 Å². The second-order valence-electron chi connectivity index (χ2n) is 8.15. The molecule has 160 valence electrons. The monoisotopic (exact) mass is 506 g/mol. The minimum absolute atomic E-state index is 0. The molecule has 0 saturated heterocycles. The summed E-state index contributed by atoms with van der Waals surface area (Å²) in [6.07, 6.45) is -0.441. The summed E-state index contributed by atoms with van der Waals surface area (Å²) in [5.74, 6) is 1.48. The maximum absolute atomic E-state index is 12.0. The van der Waals surface area contributed by atoms with Crippen molar-refractivity contribution in [2.45, 2.75) is 59.2 Å². The third-order valence-corrected chi connectivity index (χ3v) is 3.57. The van der Waals surface area contributed by atoms with Gasteiger partial charge in [-0.05, 0) is 64.8 Å². The van der Waals surface area contributed by atoms with Gasteiger partial charge in [-0.2, -0.15) is 0 Å². The van der Waals surface area contributed by atoms with Gasteiger partial charge in [0.2, 0.25) is 0 Å². The number of benzene rings is 1. The first kappa shape index (κ1) is 26.3. The topological polar surface area (TPSA) is 84.0 Å². The van der Waals surface area contributed by atoms with Crippen LogP contribution in [-0.2, 0) is 11.3 Å². The number of guanidine groups is 1. The number of hydrogen-bond acceptors (Lipinski definition) is 4. The van der Waals surface area contributed by atoms with E-state index in [9.17, 15) is 4.79 Å². The number of ether oxygens (including phenoxy) is 2. The van der Waals surface area contributed by atoms with Crippen LogP contribution < -0.4 is 20.7 Å². The van der Waals surface area contributed by atoms with E-state index in [-0.39, 0.29) is 24.0 Å². The van der Waals surface area contributed by atoms with Crippen molar-refractivity contribution in [1.82, 2.24) is 16.0 Å². The molecule has 0 atom stereocenters. The molecule has 8 heteroatoms. The Kier molecular flexibility index (Phi) is 10.6. The van der Waals surface area contributed by atoms with Gasteiger partial charge in [0, 0.05) is 20.1 Å². The van der Waals surface area contributed by atoms with Crippen LogP contribution in [0.25, 0.3) is 0 Å². The molecule has 1 rings (SSSR count). The van der Waals surface area contributed by atoms with E-state index in [1.54, 1.807) is 14.2 Å².